The number of aliphatic hydroxyl groups is 2. The van der Waals surface area contributed by atoms with Gasteiger partial charge in [-0.1, -0.05) is 23.2 Å². The number of hydrogen-bond acceptors (Lipinski definition) is 4. The van der Waals surface area contributed by atoms with Gasteiger partial charge in [-0.05, 0) is 34.5 Å². The van der Waals surface area contributed by atoms with E-state index in [1.165, 1.54) is 0 Å². The van der Waals surface area contributed by atoms with E-state index in [1.807, 2.05) is 4.57 Å². The van der Waals surface area contributed by atoms with E-state index >= 15 is 0 Å². The Labute approximate surface area is 139 Å². The van der Waals surface area contributed by atoms with Crippen LogP contribution >= 0.6 is 39.1 Å². The van der Waals surface area contributed by atoms with Crippen LogP contribution in [0.3, 0.4) is 0 Å². The molecule has 1 aliphatic heterocycles. The van der Waals surface area contributed by atoms with Crippen LogP contribution in [0.5, 0.6) is 0 Å². The first-order valence-corrected chi connectivity index (χ1v) is 7.99. The van der Waals surface area contributed by atoms with Crippen molar-refractivity contribution < 1.29 is 14.9 Å². The van der Waals surface area contributed by atoms with Crippen LogP contribution in [0.2, 0.25) is 10.0 Å². The molecule has 0 radical (unpaired) electrons. The molecule has 1 aliphatic rings. The van der Waals surface area contributed by atoms with Gasteiger partial charge >= 0.3 is 0 Å². The number of aromatic nitrogens is 2. The molecule has 2 N–H and O–H groups in total. The molecule has 2 heterocycles. The molecule has 0 bridgehead atoms. The van der Waals surface area contributed by atoms with Gasteiger partial charge in [0.2, 0.25) is 0 Å². The number of rotatable bonds is 2. The van der Waals surface area contributed by atoms with Gasteiger partial charge in [-0.3, -0.25) is 0 Å². The van der Waals surface area contributed by atoms with E-state index in [1.54, 1.807) is 12.1 Å². The highest BCUT2D eigenvalue weighted by atomic mass is 79.9. The molecule has 3 atom stereocenters. The highest BCUT2D eigenvalue weighted by Gasteiger charge is 2.32. The van der Waals surface area contributed by atoms with Crippen LogP contribution in [0.1, 0.15) is 12.5 Å². The lowest BCUT2D eigenvalue weighted by Gasteiger charge is -2.33. The normalized spacial score (nSPS) is 26.4. The average Bonchev–Trinajstić information content (AvgIpc) is 2.74. The zero-order valence-electron chi connectivity index (χ0n) is 10.8. The standard InChI is InChI=1S/C13H13BrCl2N2O3/c14-13-17-9-2-7(15)8(16)3-10(9)18(13)6-1-11(20)12(4-19)21-5-6/h2-3,6,11-12,19-20H,1,4-5H2/t6-,11-,12+/m1/s1. The first-order valence-electron chi connectivity index (χ1n) is 6.44. The SMILES string of the molecule is OC[C@@H]1OC[C@H](n2c(Br)nc3cc(Cl)c(Cl)cc32)C[C@H]1O. The fourth-order valence-electron chi connectivity index (χ4n) is 2.61. The molecule has 0 saturated carbocycles. The number of benzene rings is 1. The molecule has 0 aliphatic carbocycles. The maximum absolute atomic E-state index is 10.0. The summed E-state index contributed by atoms with van der Waals surface area (Å²) in [6.45, 7) is 0.188. The lowest BCUT2D eigenvalue weighted by atomic mass is 10.0. The number of ether oxygens (including phenoxy) is 1. The summed E-state index contributed by atoms with van der Waals surface area (Å²) in [4.78, 5) is 4.40. The fraction of sp³-hybridized carbons (Fsp3) is 0.462. The van der Waals surface area contributed by atoms with Gasteiger partial charge in [0, 0.05) is 0 Å². The Morgan fingerprint density at radius 1 is 1.38 bits per heavy atom. The zero-order valence-corrected chi connectivity index (χ0v) is 13.9. The molecule has 1 fully saturated rings. The summed E-state index contributed by atoms with van der Waals surface area (Å²) in [6.07, 6.45) is -0.788. The Bertz CT molecular complexity index is 679. The zero-order chi connectivity index (χ0) is 15.1. The largest absolute Gasteiger partial charge is 0.394 e. The van der Waals surface area contributed by atoms with Crippen molar-refractivity contribution >= 4 is 50.2 Å². The van der Waals surface area contributed by atoms with Crippen molar-refractivity contribution in [2.75, 3.05) is 13.2 Å². The van der Waals surface area contributed by atoms with E-state index in [2.05, 4.69) is 20.9 Å². The van der Waals surface area contributed by atoms with Crippen molar-refractivity contribution in [1.29, 1.82) is 0 Å². The third-order valence-corrected chi connectivity index (χ3v) is 4.96. The predicted octanol–water partition coefficient (Wildman–Crippen LogP) is 2.79. The van der Waals surface area contributed by atoms with E-state index in [0.29, 0.717) is 27.8 Å². The second kappa shape index (κ2) is 6.02. The van der Waals surface area contributed by atoms with Gasteiger partial charge in [-0.15, -0.1) is 0 Å². The molecule has 21 heavy (non-hydrogen) atoms. The van der Waals surface area contributed by atoms with Crippen LogP contribution in [-0.4, -0.2) is 45.2 Å². The molecular weight excluding hydrogens is 383 g/mol. The molecule has 8 heteroatoms. The third kappa shape index (κ3) is 2.81. The number of imidazole rings is 1. The summed E-state index contributed by atoms with van der Waals surface area (Å²) in [6, 6.07) is 3.36. The summed E-state index contributed by atoms with van der Waals surface area (Å²) >= 11 is 15.5. The maximum Gasteiger partial charge on any atom is 0.178 e. The smallest absolute Gasteiger partial charge is 0.178 e. The first kappa shape index (κ1) is 15.5. The van der Waals surface area contributed by atoms with Gasteiger partial charge < -0.3 is 19.5 Å². The van der Waals surface area contributed by atoms with E-state index in [-0.39, 0.29) is 12.6 Å². The van der Waals surface area contributed by atoms with Crippen LogP contribution in [0.15, 0.2) is 16.9 Å². The number of halogens is 3. The summed E-state index contributed by atoms with van der Waals surface area (Å²) < 4.78 is 8.05. The number of aliphatic hydroxyl groups excluding tert-OH is 2. The Morgan fingerprint density at radius 3 is 2.76 bits per heavy atom. The Kier molecular flexibility index (Phi) is 4.45. The maximum atomic E-state index is 10.0. The highest BCUT2D eigenvalue weighted by molar-refractivity contribution is 9.10. The van der Waals surface area contributed by atoms with Gasteiger partial charge in [-0.25, -0.2) is 4.98 Å². The Hall–Kier alpha value is -0.370. The van der Waals surface area contributed by atoms with Gasteiger partial charge in [0.25, 0.3) is 0 Å². The monoisotopic (exact) mass is 394 g/mol. The number of fused-ring (bicyclic) bond motifs is 1. The van der Waals surface area contributed by atoms with Crippen LogP contribution in [0.25, 0.3) is 11.0 Å². The molecular formula is C13H13BrCl2N2O3. The van der Waals surface area contributed by atoms with E-state index in [9.17, 15) is 5.11 Å². The molecule has 0 unspecified atom stereocenters. The highest BCUT2D eigenvalue weighted by Crippen LogP contribution is 2.34. The molecule has 1 aromatic carbocycles. The third-order valence-electron chi connectivity index (χ3n) is 3.68. The van der Waals surface area contributed by atoms with Gasteiger partial charge in [-0.2, -0.15) is 0 Å². The predicted molar refractivity (Wildman–Crippen MR) is 83.9 cm³/mol. The number of hydrogen-bond donors (Lipinski definition) is 2. The van der Waals surface area contributed by atoms with E-state index < -0.39 is 12.2 Å². The molecule has 2 aromatic rings. The summed E-state index contributed by atoms with van der Waals surface area (Å²) in [5.41, 5.74) is 1.54. The Morgan fingerprint density at radius 2 is 2.10 bits per heavy atom. The van der Waals surface area contributed by atoms with Crippen molar-refractivity contribution in [1.82, 2.24) is 9.55 Å². The molecule has 5 nitrogen and oxygen atoms in total. The lowest BCUT2D eigenvalue weighted by Crippen LogP contribution is -2.41. The minimum atomic E-state index is -0.721. The summed E-state index contributed by atoms with van der Waals surface area (Å²) in [5, 5.41) is 20.0. The molecule has 0 amide bonds. The molecule has 3 rings (SSSR count). The minimum Gasteiger partial charge on any atom is -0.394 e. The summed E-state index contributed by atoms with van der Waals surface area (Å²) in [5.74, 6) is 0. The summed E-state index contributed by atoms with van der Waals surface area (Å²) in [7, 11) is 0. The average molecular weight is 396 g/mol. The van der Waals surface area contributed by atoms with Crippen LogP contribution in [-0.2, 0) is 4.74 Å². The second-order valence-electron chi connectivity index (χ2n) is 5.02. The van der Waals surface area contributed by atoms with E-state index in [0.717, 1.165) is 11.0 Å². The van der Waals surface area contributed by atoms with Crippen molar-refractivity contribution in [3.63, 3.8) is 0 Å². The van der Waals surface area contributed by atoms with E-state index in [4.69, 9.17) is 33.0 Å². The lowest BCUT2D eigenvalue weighted by molar-refractivity contribution is -0.112. The fourth-order valence-corrected chi connectivity index (χ4v) is 3.59. The van der Waals surface area contributed by atoms with Crippen LogP contribution < -0.4 is 0 Å². The topological polar surface area (TPSA) is 67.5 Å². The second-order valence-corrected chi connectivity index (χ2v) is 6.54. The molecule has 1 saturated heterocycles. The van der Waals surface area contributed by atoms with Crippen molar-refractivity contribution in [2.45, 2.75) is 24.7 Å². The minimum absolute atomic E-state index is 0.0978. The van der Waals surface area contributed by atoms with Crippen LogP contribution in [0, 0.1) is 0 Å². The molecule has 1 aromatic heterocycles. The molecule has 0 spiro atoms. The van der Waals surface area contributed by atoms with Gasteiger partial charge in [0.15, 0.2) is 4.73 Å². The molecule has 114 valence electrons. The van der Waals surface area contributed by atoms with Crippen molar-refractivity contribution in [3.05, 3.63) is 26.9 Å². The first-order chi connectivity index (χ1) is 10.0. The Balaban J connectivity index is 2.01. The van der Waals surface area contributed by atoms with Crippen molar-refractivity contribution in [3.8, 4) is 0 Å². The quantitative estimate of drug-likeness (QED) is 0.820. The van der Waals surface area contributed by atoms with Crippen LogP contribution in [0.4, 0.5) is 0 Å². The number of nitrogens with zero attached hydrogens (tertiary/aromatic N) is 2. The van der Waals surface area contributed by atoms with Gasteiger partial charge in [0.1, 0.15) is 6.10 Å². The van der Waals surface area contributed by atoms with Crippen molar-refractivity contribution in [2.24, 2.45) is 0 Å². The van der Waals surface area contributed by atoms with Gasteiger partial charge in [0.05, 0.1) is 46.4 Å².